The standard InChI is InChI=1S/C26H30N2O3/c29-25(11-16-31-24-10-4-7-19-6-3-8-22(19)24)28-14-12-26(30,13-15-28)21-17-20-5-1-2-9-23(20)27-18-21/h1-2,4-5,7,9-10,17-18,25,29-30H,3,6,8,11-16H2/t25-/m0/s1. The second-order valence-electron chi connectivity index (χ2n) is 8.85. The van der Waals surface area contributed by atoms with Crippen molar-refractivity contribution in [3.05, 3.63) is 71.4 Å². The number of nitrogens with zero attached hydrogens (tertiary/aromatic N) is 2. The van der Waals surface area contributed by atoms with Crippen LogP contribution in [-0.2, 0) is 18.4 Å². The highest BCUT2D eigenvalue weighted by atomic mass is 16.5. The zero-order valence-corrected chi connectivity index (χ0v) is 17.8. The molecule has 1 aliphatic carbocycles. The van der Waals surface area contributed by atoms with Gasteiger partial charge in [-0.05, 0) is 61.4 Å². The Morgan fingerprint density at radius 1 is 1.06 bits per heavy atom. The van der Waals surface area contributed by atoms with Gasteiger partial charge in [0.25, 0.3) is 0 Å². The Morgan fingerprint density at radius 3 is 2.77 bits per heavy atom. The summed E-state index contributed by atoms with van der Waals surface area (Å²) in [5.74, 6) is 0.971. The van der Waals surface area contributed by atoms with Crippen molar-refractivity contribution in [2.75, 3.05) is 19.7 Å². The van der Waals surface area contributed by atoms with Crippen LogP contribution in [0, 0.1) is 0 Å². The van der Waals surface area contributed by atoms with Crippen molar-refractivity contribution in [1.29, 1.82) is 0 Å². The number of aliphatic hydroxyl groups excluding tert-OH is 1. The fraction of sp³-hybridized carbons (Fsp3) is 0.423. The molecule has 5 heteroatoms. The molecule has 162 valence electrons. The van der Waals surface area contributed by atoms with Crippen LogP contribution >= 0.6 is 0 Å². The minimum Gasteiger partial charge on any atom is -0.493 e. The number of piperidine rings is 1. The summed E-state index contributed by atoms with van der Waals surface area (Å²) in [5, 5.41) is 23.0. The largest absolute Gasteiger partial charge is 0.493 e. The van der Waals surface area contributed by atoms with Gasteiger partial charge >= 0.3 is 0 Å². The summed E-state index contributed by atoms with van der Waals surface area (Å²) in [4.78, 5) is 6.55. The molecule has 3 aromatic rings. The first-order chi connectivity index (χ1) is 15.1. The summed E-state index contributed by atoms with van der Waals surface area (Å²) in [6.45, 7) is 1.78. The van der Waals surface area contributed by atoms with Crippen molar-refractivity contribution in [3.63, 3.8) is 0 Å². The third-order valence-corrected chi connectivity index (χ3v) is 6.91. The predicted molar refractivity (Wildman–Crippen MR) is 121 cm³/mol. The van der Waals surface area contributed by atoms with E-state index in [0.717, 1.165) is 35.1 Å². The number of pyridine rings is 1. The summed E-state index contributed by atoms with van der Waals surface area (Å²) in [6.07, 6.45) is 6.37. The number of aryl methyl sites for hydroxylation is 1. The summed E-state index contributed by atoms with van der Waals surface area (Å²) < 4.78 is 6.02. The Balaban J connectivity index is 1.16. The van der Waals surface area contributed by atoms with E-state index < -0.39 is 11.8 Å². The Kier molecular flexibility index (Phi) is 5.65. The van der Waals surface area contributed by atoms with Crippen LogP contribution in [0.2, 0.25) is 0 Å². The fourth-order valence-corrected chi connectivity index (χ4v) is 4.98. The van der Waals surface area contributed by atoms with E-state index in [-0.39, 0.29) is 0 Å². The van der Waals surface area contributed by atoms with Gasteiger partial charge in [0.15, 0.2) is 0 Å². The Labute approximate surface area is 183 Å². The van der Waals surface area contributed by atoms with Gasteiger partial charge in [-0.1, -0.05) is 30.3 Å². The van der Waals surface area contributed by atoms with Gasteiger partial charge in [-0.2, -0.15) is 0 Å². The molecule has 1 atom stereocenters. The summed E-state index contributed by atoms with van der Waals surface area (Å²) in [6, 6.07) is 16.3. The van der Waals surface area contributed by atoms with Gasteiger partial charge in [0.1, 0.15) is 12.0 Å². The molecule has 1 aliphatic heterocycles. The van der Waals surface area contributed by atoms with Crippen LogP contribution in [0.3, 0.4) is 0 Å². The van der Waals surface area contributed by atoms with Gasteiger partial charge in [-0.3, -0.25) is 9.88 Å². The molecule has 5 nitrogen and oxygen atoms in total. The van der Waals surface area contributed by atoms with E-state index in [9.17, 15) is 10.2 Å². The molecule has 1 aromatic heterocycles. The predicted octanol–water partition coefficient (Wildman–Crippen LogP) is 3.79. The average Bonchev–Trinajstić information content (AvgIpc) is 3.29. The van der Waals surface area contributed by atoms with Crippen LogP contribution in [0.1, 0.15) is 42.4 Å². The number of rotatable bonds is 6. The molecule has 2 aliphatic rings. The van der Waals surface area contributed by atoms with Crippen molar-refractivity contribution in [3.8, 4) is 5.75 Å². The first-order valence-electron chi connectivity index (χ1n) is 11.4. The SMILES string of the molecule is O[C@@H](CCOc1cccc2c1CCC2)N1CCC(O)(c2cnc3ccccc3c2)CC1. The minimum atomic E-state index is -0.894. The van der Waals surface area contributed by atoms with Crippen LogP contribution in [0.25, 0.3) is 10.9 Å². The second-order valence-corrected chi connectivity index (χ2v) is 8.85. The molecular weight excluding hydrogens is 388 g/mol. The number of likely N-dealkylation sites (tertiary alicyclic amines) is 1. The maximum absolute atomic E-state index is 11.2. The van der Waals surface area contributed by atoms with Gasteiger partial charge < -0.3 is 14.9 Å². The first-order valence-corrected chi connectivity index (χ1v) is 11.4. The first kappa shape index (κ1) is 20.4. The number of fused-ring (bicyclic) bond motifs is 2. The molecule has 0 radical (unpaired) electrons. The molecule has 2 N–H and O–H groups in total. The van der Waals surface area contributed by atoms with E-state index in [0.29, 0.717) is 39.0 Å². The minimum absolute atomic E-state index is 0.493. The number of hydrogen-bond donors (Lipinski definition) is 2. The number of para-hydroxylation sites is 1. The highest BCUT2D eigenvalue weighted by Crippen LogP contribution is 2.34. The quantitative estimate of drug-likeness (QED) is 0.638. The van der Waals surface area contributed by atoms with Gasteiger partial charge in [-0.25, -0.2) is 0 Å². The third kappa shape index (κ3) is 4.18. The molecule has 5 rings (SSSR count). The van der Waals surface area contributed by atoms with E-state index >= 15 is 0 Å². The molecule has 2 heterocycles. The third-order valence-electron chi connectivity index (χ3n) is 6.91. The second kappa shape index (κ2) is 8.58. The van der Waals surface area contributed by atoms with E-state index in [1.165, 1.54) is 17.5 Å². The number of ether oxygens (including phenoxy) is 1. The zero-order chi connectivity index (χ0) is 21.3. The lowest BCUT2D eigenvalue weighted by Gasteiger charge is -2.40. The molecule has 31 heavy (non-hydrogen) atoms. The smallest absolute Gasteiger partial charge is 0.122 e. The zero-order valence-electron chi connectivity index (χ0n) is 17.8. The van der Waals surface area contributed by atoms with Crippen molar-refractivity contribution in [2.24, 2.45) is 0 Å². The summed E-state index contributed by atoms with van der Waals surface area (Å²) in [5.41, 5.74) is 3.64. The molecule has 0 saturated carbocycles. The number of hydrogen-bond acceptors (Lipinski definition) is 5. The topological polar surface area (TPSA) is 65.8 Å². The van der Waals surface area contributed by atoms with Crippen LogP contribution in [-0.4, -0.2) is 46.0 Å². The molecule has 1 saturated heterocycles. The highest BCUT2D eigenvalue weighted by molar-refractivity contribution is 5.78. The average molecular weight is 419 g/mol. The molecule has 1 fully saturated rings. The van der Waals surface area contributed by atoms with Crippen molar-refractivity contribution < 1.29 is 14.9 Å². The molecule has 2 aromatic carbocycles. The van der Waals surface area contributed by atoms with Crippen molar-refractivity contribution in [1.82, 2.24) is 9.88 Å². The van der Waals surface area contributed by atoms with Gasteiger partial charge in [0, 0.05) is 36.7 Å². The van der Waals surface area contributed by atoms with Gasteiger partial charge in [0.05, 0.1) is 17.7 Å². The summed E-state index contributed by atoms with van der Waals surface area (Å²) >= 11 is 0. The molecule has 0 spiro atoms. The maximum atomic E-state index is 11.2. The van der Waals surface area contributed by atoms with Gasteiger partial charge in [0.2, 0.25) is 0 Å². The Bertz CT molecular complexity index is 1060. The molecular formula is C26H30N2O3. The van der Waals surface area contributed by atoms with Crippen LogP contribution in [0.15, 0.2) is 54.7 Å². The maximum Gasteiger partial charge on any atom is 0.122 e. The number of aliphatic hydroxyl groups is 2. The lowest BCUT2D eigenvalue weighted by Crippen LogP contribution is -2.47. The van der Waals surface area contributed by atoms with E-state index in [4.69, 9.17) is 4.74 Å². The van der Waals surface area contributed by atoms with Crippen LogP contribution < -0.4 is 4.74 Å². The molecule has 0 unspecified atom stereocenters. The van der Waals surface area contributed by atoms with Crippen molar-refractivity contribution in [2.45, 2.75) is 50.4 Å². The lowest BCUT2D eigenvalue weighted by atomic mass is 9.84. The molecule has 0 bridgehead atoms. The number of benzene rings is 2. The normalized spacial score (nSPS) is 19.3. The van der Waals surface area contributed by atoms with Gasteiger partial charge in [-0.15, -0.1) is 0 Å². The molecule has 0 amide bonds. The van der Waals surface area contributed by atoms with E-state index in [1.54, 1.807) is 6.20 Å². The van der Waals surface area contributed by atoms with Crippen LogP contribution in [0.5, 0.6) is 5.75 Å². The Morgan fingerprint density at radius 2 is 1.90 bits per heavy atom. The fourth-order valence-electron chi connectivity index (χ4n) is 4.98. The van der Waals surface area contributed by atoms with Crippen LogP contribution in [0.4, 0.5) is 0 Å². The van der Waals surface area contributed by atoms with E-state index in [1.807, 2.05) is 41.3 Å². The van der Waals surface area contributed by atoms with Crippen molar-refractivity contribution >= 4 is 10.9 Å². The Hall–Kier alpha value is -2.47. The summed E-state index contributed by atoms with van der Waals surface area (Å²) in [7, 11) is 0. The lowest BCUT2D eigenvalue weighted by molar-refractivity contribution is -0.0819. The monoisotopic (exact) mass is 418 g/mol. The highest BCUT2D eigenvalue weighted by Gasteiger charge is 2.36. The van der Waals surface area contributed by atoms with E-state index in [2.05, 4.69) is 17.1 Å². The number of aromatic nitrogens is 1.